The van der Waals surface area contributed by atoms with Crippen molar-refractivity contribution in [1.82, 2.24) is 0 Å². The summed E-state index contributed by atoms with van der Waals surface area (Å²) in [6.07, 6.45) is 7.20. The van der Waals surface area contributed by atoms with Crippen molar-refractivity contribution in [3.63, 3.8) is 0 Å². The maximum absolute atomic E-state index is 12.4. The number of ketones is 1. The van der Waals surface area contributed by atoms with Crippen LogP contribution in [-0.2, 0) is 14.3 Å². The molecular weight excluding hydrogens is 240 g/mol. The van der Waals surface area contributed by atoms with Crippen LogP contribution in [0, 0.1) is 5.41 Å². The molecule has 0 aromatic carbocycles. The van der Waals surface area contributed by atoms with Crippen molar-refractivity contribution in [3.8, 4) is 0 Å². The number of hydrogen-bond acceptors (Lipinski definition) is 3. The van der Waals surface area contributed by atoms with Gasteiger partial charge in [-0.3, -0.25) is 4.79 Å². The van der Waals surface area contributed by atoms with Gasteiger partial charge < -0.3 is 4.74 Å². The van der Waals surface area contributed by atoms with Gasteiger partial charge in [0, 0.05) is 0 Å². The Balaban J connectivity index is 3.11. The molecular formula is C16H24O3. The number of allylic oxidation sites excluding steroid dienone is 4. The first-order valence-electron chi connectivity index (χ1n) is 7.15. The highest BCUT2D eigenvalue weighted by Crippen LogP contribution is 2.40. The van der Waals surface area contributed by atoms with Crippen LogP contribution in [0.4, 0.5) is 0 Å². The van der Waals surface area contributed by atoms with Crippen LogP contribution in [0.5, 0.6) is 0 Å². The molecule has 1 unspecified atom stereocenters. The largest absolute Gasteiger partial charge is 0.460 e. The number of esters is 1. The van der Waals surface area contributed by atoms with E-state index in [1.165, 1.54) is 5.57 Å². The maximum atomic E-state index is 12.4. The second kappa shape index (κ2) is 6.69. The predicted molar refractivity (Wildman–Crippen MR) is 75.7 cm³/mol. The molecule has 1 atom stereocenters. The van der Waals surface area contributed by atoms with Gasteiger partial charge in [0.05, 0.1) is 12.0 Å². The second-order valence-corrected chi connectivity index (χ2v) is 4.97. The minimum atomic E-state index is -0.701. The number of Topliss-reactive ketones (excluding diaryl/α,β-unsaturated/α-hetero) is 1. The fraction of sp³-hybridized carbons (Fsp3) is 0.625. The molecule has 19 heavy (non-hydrogen) atoms. The molecule has 0 bridgehead atoms. The fourth-order valence-electron chi connectivity index (χ4n) is 2.53. The SMILES string of the molecule is CCOC(=O)C(=O)C1(CC)C=C(CC)C=C(CC)C1. The van der Waals surface area contributed by atoms with E-state index in [4.69, 9.17) is 4.74 Å². The summed E-state index contributed by atoms with van der Waals surface area (Å²) < 4.78 is 4.88. The minimum Gasteiger partial charge on any atom is -0.460 e. The Morgan fingerprint density at radius 3 is 2.37 bits per heavy atom. The first-order chi connectivity index (χ1) is 9.02. The number of carbonyl (C=O) groups excluding carboxylic acids is 2. The summed E-state index contributed by atoms with van der Waals surface area (Å²) in [5.74, 6) is -1.10. The molecule has 0 saturated carbocycles. The maximum Gasteiger partial charge on any atom is 0.375 e. The highest BCUT2D eigenvalue weighted by molar-refractivity contribution is 6.36. The van der Waals surface area contributed by atoms with E-state index >= 15 is 0 Å². The normalized spacial score (nSPS) is 22.5. The average Bonchev–Trinajstić information content (AvgIpc) is 2.45. The lowest BCUT2D eigenvalue weighted by molar-refractivity contribution is -0.157. The van der Waals surface area contributed by atoms with Gasteiger partial charge in [-0.25, -0.2) is 4.79 Å². The van der Waals surface area contributed by atoms with Gasteiger partial charge in [-0.05, 0) is 32.6 Å². The molecule has 0 aromatic heterocycles. The van der Waals surface area contributed by atoms with Crippen LogP contribution in [0.15, 0.2) is 23.3 Å². The second-order valence-electron chi connectivity index (χ2n) is 4.97. The van der Waals surface area contributed by atoms with Gasteiger partial charge in [0.25, 0.3) is 0 Å². The molecule has 3 nitrogen and oxygen atoms in total. The first-order valence-corrected chi connectivity index (χ1v) is 7.15. The Morgan fingerprint density at radius 2 is 1.89 bits per heavy atom. The summed E-state index contributed by atoms with van der Waals surface area (Å²) in [6.45, 7) is 8.07. The number of carbonyl (C=O) groups is 2. The zero-order chi connectivity index (χ0) is 14.5. The third-order valence-electron chi connectivity index (χ3n) is 3.80. The summed E-state index contributed by atoms with van der Waals surface area (Å²) in [7, 11) is 0. The van der Waals surface area contributed by atoms with E-state index in [1.807, 2.05) is 13.0 Å². The smallest absolute Gasteiger partial charge is 0.375 e. The van der Waals surface area contributed by atoms with Crippen LogP contribution in [0.25, 0.3) is 0 Å². The standard InChI is InChI=1S/C16H24O3/c1-5-12-9-13(6-2)11-16(7-3,10-12)14(17)15(18)19-8-4/h9-10H,5-8,11H2,1-4H3. The molecule has 0 fully saturated rings. The third-order valence-corrected chi connectivity index (χ3v) is 3.80. The van der Waals surface area contributed by atoms with E-state index in [2.05, 4.69) is 19.9 Å². The Kier molecular flexibility index (Phi) is 5.52. The summed E-state index contributed by atoms with van der Waals surface area (Å²) in [5, 5.41) is 0. The Hall–Kier alpha value is -1.38. The molecule has 3 heteroatoms. The zero-order valence-corrected chi connectivity index (χ0v) is 12.4. The molecule has 0 N–H and O–H groups in total. The summed E-state index contributed by atoms with van der Waals surface area (Å²) in [5.41, 5.74) is 1.68. The minimum absolute atomic E-state index is 0.241. The molecule has 0 amide bonds. The van der Waals surface area contributed by atoms with Crippen LogP contribution >= 0.6 is 0 Å². The molecule has 0 aliphatic heterocycles. The molecule has 0 radical (unpaired) electrons. The van der Waals surface area contributed by atoms with E-state index < -0.39 is 17.2 Å². The molecule has 1 aliphatic carbocycles. The molecule has 0 aromatic rings. The van der Waals surface area contributed by atoms with Crippen LogP contribution < -0.4 is 0 Å². The molecule has 1 rings (SSSR count). The van der Waals surface area contributed by atoms with Gasteiger partial charge in [0.15, 0.2) is 0 Å². The van der Waals surface area contributed by atoms with Crippen molar-refractivity contribution in [2.24, 2.45) is 5.41 Å². The van der Waals surface area contributed by atoms with Gasteiger partial charge >= 0.3 is 5.97 Å². The van der Waals surface area contributed by atoms with E-state index in [9.17, 15) is 9.59 Å². The Morgan fingerprint density at radius 1 is 1.21 bits per heavy atom. The van der Waals surface area contributed by atoms with Crippen LogP contribution in [0.1, 0.15) is 53.4 Å². The molecule has 1 aliphatic rings. The van der Waals surface area contributed by atoms with Gasteiger partial charge in [-0.15, -0.1) is 0 Å². The van der Waals surface area contributed by atoms with E-state index in [0.29, 0.717) is 12.8 Å². The summed E-state index contributed by atoms with van der Waals surface area (Å²) in [6, 6.07) is 0. The molecule has 0 heterocycles. The Bertz CT molecular complexity index is 418. The monoisotopic (exact) mass is 264 g/mol. The number of ether oxygens (including phenoxy) is 1. The van der Waals surface area contributed by atoms with E-state index in [0.717, 1.165) is 18.4 Å². The van der Waals surface area contributed by atoms with Crippen LogP contribution in [-0.4, -0.2) is 18.4 Å². The predicted octanol–water partition coefficient (Wildman–Crippen LogP) is 3.59. The Labute approximate surface area is 115 Å². The van der Waals surface area contributed by atoms with Gasteiger partial charge in [0.1, 0.15) is 0 Å². The lowest BCUT2D eigenvalue weighted by Crippen LogP contribution is -2.37. The summed E-state index contributed by atoms with van der Waals surface area (Å²) >= 11 is 0. The van der Waals surface area contributed by atoms with Crippen molar-refractivity contribution in [1.29, 1.82) is 0 Å². The topological polar surface area (TPSA) is 43.4 Å². The zero-order valence-electron chi connectivity index (χ0n) is 12.4. The van der Waals surface area contributed by atoms with Crippen molar-refractivity contribution >= 4 is 11.8 Å². The lowest BCUT2D eigenvalue weighted by atomic mass is 9.70. The van der Waals surface area contributed by atoms with Gasteiger partial charge in [0.2, 0.25) is 5.78 Å². The first kappa shape index (κ1) is 15.7. The highest BCUT2D eigenvalue weighted by Gasteiger charge is 2.41. The average molecular weight is 264 g/mol. The van der Waals surface area contributed by atoms with Crippen molar-refractivity contribution < 1.29 is 14.3 Å². The van der Waals surface area contributed by atoms with Gasteiger partial charge in [-0.2, -0.15) is 0 Å². The fourth-order valence-corrected chi connectivity index (χ4v) is 2.53. The van der Waals surface area contributed by atoms with Gasteiger partial charge in [-0.1, -0.05) is 44.1 Å². The lowest BCUT2D eigenvalue weighted by Gasteiger charge is -2.32. The quantitative estimate of drug-likeness (QED) is 0.544. The van der Waals surface area contributed by atoms with Crippen molar-refractivity contribution in [2.45, 2.75) is 53.4 Å². The van der Waals surface area contributed by atoms with Crippen molar-refractivity contribution in [2.75, 3.05) is 6.61 Å². The number of hydrogen-bond donors (Lipinski definition) is 0. The third kappa shape index (κ3) is 3.34. The molecule has 106 valence electrons. The highest BCUT2D eigenvalue weighted by atomic mass is 16.5. The van der Waals surface area contributed by atoms with Crippen molar-refractivity contribution in [3.05, 3.63) is 23.3 Å². The molecule has 0 saturated heterocycles. The van der Waals surface area contributed by atoms with E-state index in [-0.39, 0.29) is 6.61 Å². The van der Waals surface area contributed by atoms with Crippen LogP contribution in [0.3, 0.4) is 0 Å². The molecule has 0 spiro atoms. The van der Waals surface area contributed by atoms with Crippen LogP contribution in [0.2, 0.25) is 0 Å². The van der Waals surface area contributed by atoms with E-state index in [1.54, 1.807) is 6.92 Å². The summed E-state index contributed by atoms with van der Waals surface area (Å²) in [4.78, 5) is 24.2. The number of rotatable bonds is 6.